The maximum absolute atomic E-state index is 5.65. The molecule has 0 rings (SSSR count). The molecule has 0 aromatic carbocycles. The molecule has 14 heavy (non-hydrogen) atoms. The smallest absolute Gasteiger partial charge is 0.0491 e. The summed E-state index contributed by atoms with van der Waals surface area (Å²) >= 11 is 0. The number of hydrogen-bond acceptors (Lipinski definition) is 2. The highest BCUT2D eigenvalue weighted by Gasteiger charge is 2.00. The predicted molar refractivity (Wildman–Crippen MR) is 62.4 cm³/mol. The van der Waals surface area contributed by atoms with E-state index in [0.717, 1.165) is 26.1 Å². The topological polar surface area (TPSA) is 35.2 Å². The van der Waals surface area contributed by atoms with Gasteiger partial charge in [-0.15, -0.1) is 0 Å². The van der Waals surface area contributed by atoms with Gasteiger partial charge in [0, 0.05) is 19.3 Å². The van der Waals surface area contributed by atoms with Crippen molar-refractivity contribution in [2.24, 2.45) is 11.7 Å². The van der Waals surface area contributed by atoms with Gasteiger partial charge in [0.2, 0.25) is 0 Å². The fourth-order valence-electron chi connectivity index (χ4n) is 1.53. The van der Waals surface area contributed by atoms with Gasteiger partial charge in [-0.1, -0.05) is 20.3 Å². The van der Waals surface area contributed by atoms with Crippen LogP contribution in [0.4, 0.5) is 0 Å². The lowest BCUT2D eigenvalue weighted by Crippen LogP contribution is -2.14. The second kappa shape index (κ2) is 9.47. The molecular weight excluding hydrogens is 174 g/mol. The molecule has 0 radical (unpaired) electrons. The third-order valence-corrected chi connectivity index (χ3v) is 2.38. The highest BCUT2D eigenvalue weighted by atomic mass is 16.5. The average molecular weight is 201 g/mol. The van der Waals surface area contributed by atoms with Gasteiger partial charge in [0.25, 0.3) is 0 Å². The Bertz CT molecular complexity index is 115. The Kier molecular flexibility index (Phi) is 9.42. The first-order chi connectivity index (χ1) is 6.66. The Balaban J connectivity index is 3.05. The first-order valence-electron chi connectivity index (χ1n) is 6.00. The van der Waals surface area contributed by atoms with E-state index in [2.05, 4.69) is 20.8 Å². The van der Waals surface area contributed by atoms with Crippen molar-refractivity contribution in [1.29, 1.82) is 0 Å². The minimum absolute atomic E-state index is 0.342. The molecule has 0 aliphatic rings. The van der Waals surface area contributed by atoms with E-state index in [0.29, 0.717) is 12.0 Å². The van der Waals surface area contributed by atoms with E-state index >= 15 is 0 Å². The van der Waals surface area contributed by atoms with E-state index in [1.807, 2.05) is 0 Å². The van der Waals surface area contributed by atoms with Gasteiger partial charge in [0.05, 0.1) is 0 Å². The zero-order valence-corrected chi connectivity index (χ0v) is 10.1. The van der Waals surface area contributed by atoms with E-state index in [-0.39, 0.29) is 0 Å². The zero-order valence-electron chi connectivity index (χ0n) is 10.1. The Labute approximate surface area is 89.2 Å². The molecule has 2 N–H and O–H groups in total. The van der Waals surface area contributed by atoms with Crippen molar-refractivity contribution in [3.05, 3.63) is 0 Å². The molecule has 0 spiro atoms. The van der Waals surface area contributed by atoms with Gasteiger partial charge in [0.15, 0.2) is 0 Å². The van der Waals surface area contributed by atoms with Gasteiger partial charge < -0.3 is 10.5 Å². The van der Waals surface area contributed by atoms with Crippen LogP contribution >= 0.6 is 0 Å². The molecule has 0 aromatic heterocycles. The summed E-state index contributed by atoms with van der Waals surface area (Å²) in [7, 11) is 0. The summed E-state index contributed by atoms with van der Waals surface area (Å²) in [6, 6.07) is 0.342. The van der Waals surface area contributed by atoms with Crippen LogP contribution in [0.25, 0.3) is 0 Å². The largest absolute Gasteiger partial charge is 0.381 e. The maximum Gasteiger partial charge on any atom is 0.0491 e. The molecule has 0 fully saturated rings. The fraction of sp³-hybridized carbons (Fsp3) is 1.00. The molecule has 2 heteroatoms. The van der Waals surface area contributed by atoms with Crippen molar-refractivity contribution in [3.8, 4) is 0 Å². The highest BCUT2D eigenvalue weighted by molar-refractivity contribution is 4.53. The number of unbranched alkanes of at least 4 members (excludes halogenated alkanes) is 1. The first-order valence-corrected chi connectivity index (χ1v) is 6.00. The van der Waals surface area contributed by atoms with Gasteiger partial charge >= 0.3 is 0 Å². The van der Waals surface area contributed by atoms with Crippen LogP contribution in [-0.4, -0.2) is 19.3 Å². The van der Waals surface area contributed by atoms with Crippen LogP contribution in [0.2, 0.25) is 0 Å². The van der Waals surface area contributed by atoms with Gasteiger partial charge in [0.1, 0.15) is 0 Å². The Morgan fingerprint density at radius 1 is 1.14 bits per heavy atom. The van der Waals surface area contributed by atoms with Gasteiger partial charge in [-0.3, -0.25) is 0 Å². The Morgan fingerprint density at radius 3 is 2.43 bits per heavy atom. The summed E-state index contributed by atoms with van der Waals surface area (Å²) < 4.78 is 5.59. The van der Waals surface area contributed by atoms with Crippen molar-refractivity contribution >= 4 is 0 Å². The molecule has 2 unspecified atom stereocenters. The van der Waals surface area contributed by atoms with Crippen molar-refractivity contribution in [2.45, 2.75) is 58.9 Å². The van der Waals surface area contributed by atoms with E-state index in [4.69, 9.17) is 10.5 Å². The summed E-state index contributed by atoms with van der Waals surface area (Å²) in [4.78, 5) is 0. The number of hydrogen-bond donors (Lipinski definition) is 1. The highest BCUT2D eigenvalue weighted by Crippen LogP contribution is 2.06. The maximum atomic E-state index is 5.65. The van der Waals surface area contributed by atoms with Gasteiger partial charge in [-0.2, -0.15) is 0 Å². The fourth-order valence-corrected chi connectivity index (χ4v) is 1.53. The molecule has 0 bridgehead atoms. The summed E-state index contributed by atoms with van der Waals surface area (Å²) in [5, 5.41) is 0. The number of rotatable bonds is 9. The molecule has 0 saturated carbocycles. The van der Waals surface area contributed by atoms with Crippen LogP contribution in [0.5, 0.6) is 0 Å². The number of nitrogens with two attached hydrogens (primary N) is 1. The van der Waals surface area contributed by atoms with E-state index in [1.165, 1.54) is 19.3 Å². The third-order valence-electron chi connectivity index (χ3n) is 2.38. The van der Waals surface area contributed by atoms with Crippen molar-refractivity contribution < 1.29 is 4.74 Å². The lowest BCUT2D eigenvalue weighted by atomic mass is 10.1. The normalized spacial score (nSPS) is 15.4. The summed E-state index contributed by atoms with van der Waals surface area (Å²) in [5.41, 5.74) is 5.65. The molecule has 0 saturated heterocycles. The minimum Gasteiger partial charge on any atom is -0.381 e. The SMILES string of the molecule is CCCC(C)COCCCCC(C)N. The molecule has 0 aromatic rings. The van der Waals surface area contributed by atoms with E-state index < -0.39 is 0 Å². The molecule has 2 atom stereocenters. The molecule has 0 heterocycles. The minimum atomic E-state index is 0.342. The summed E-state index contributed by atoms with van der Waals surface area (Å²) in [6.45, 7) is 8.36. The van der Waals surface area contributed by atoms with Crippen LogP contribution in [0.1, 0.15) is 52.9 Å². The van der Waals surface area contributed by atoms with Crippen molar-refractivity contribution in [3.63, 3.8) is 0 Å². The quantitative estimate of drug-likeness (QED) is 0.582. The lowest BCUT2D eigenvalue weighted by molar-refractivity contribution is 0.0982. The standard InChI is InChI=1S/C12H27NO/c1-4-7-11(2)10-14-9-6-5-8-12(3)13/h11-12H,4-10,13H2,1-3H3. The van der Waals surface area contributed by atoms with Crippen LogP contribution in [0.15, 0.2) is 0 Å². The van der Waals surface area contributed by atoms with Gasteiger partial charge in [-0.05, 0) is 38.5 Å². The Hall–Kier alpha value is -0.0800. The third kappa shape index (κ3) is 10.0. The molecule has 86 valence electrons. The van der Waals surface area contributed by atoms with E-state index in [9.17, 15) is 0 Å². The zero-order chi connectivity index (χ0) is 10.8. The predicted octanol–water partition coefficient (Wildman–Crippen LogP) is 2.96. The summed E-state index contributed by atoms with van der Waals surface area (Å²) in [5.74, 6) is 0.716. The monoisotopic (exact) mass is 201 g/mol. The second-order valence-electron chi connectivity index (χ2n) is 4.44. The van der Waals surface area contributed by atoms with Crippen LogP contribution in [-0.2, 0) is 4.74 Å². The van der Waals surface area contributed by atoms with Crippen LogP contribution < -0.4 is 5.73 Å². The van der Waals surface area contributed by atoms with E-state index in [1.54, 1.807) is 0 Å². The van der Waals surface area contributed by atoms with Crippen LogP contribution in [0.3, 0.4) is 0 Å². The Morgan fingerprint density at radius 2 is 1.86 bits per heavy atom. The molecule has 0 aliphatic heterocycles. The second-order valence-corrected chi connectivity index (χ2v) is 4.44. The molecule has 2 nitrogen and oxygen atoms in total. The lowest BCUT2D eigenvalue weighted by Gasteiger charge is -2.10. The van der Waals surface area contributed by atoms with Crippen molar-refractivity contribution in [2.75, 3.05) is 13.2 Å². The molecular formula is C12H27NO. The average Bonchev–Trinajstić information content (AvgIpc) is 2.11. The number of ether oxygens (including phenoxy) is 1. The molecule has 0 aliphatic carbocycles. The summed E-state index contributed by atoms with van der Waals surface area (Å²) in [6.07, 6.45) is 6.00. The van der Waals surface area contributed by atoms with Gasteiger partial charge in [-0.25, -0.2) is 0 Å². The van der Waals surface area contributed by atoms with Crippen LogP contribution in [0, 0.1) is 5.92 Å². The first kappa shape index (κ1) is 13.9. The van der Waals surface area contributed by atoms with Crippen molar-refractivity contribution in [1.82, 2.24) is 0 Å². The molecule has 0 amide bonds.